The van der Waals surface area contributed by atoms with E-state index in [1.807, 2.05) is 35.2 Å². The molecule has 1 aromatic heterocycles. The predicted octanol–water partition coefficient (Wildman–Crippen LogP) is 4.06. The lowest BCUT2D eigenvalue weighted by Gasteiger charge is -2.32. The quantitative estimate of drug-likeness (QED) is 0.909. The van der Waals surface area contributed by atoms with Crippen LogP contribution in [-0.4, -0.2) is 35.6 Å². The first-order valence-electron chi connectivity index (χ1n) is 8.06. The first-order chi connectivity index (χ1) is 11.7. The highest BCUT2D eigenvalue weighted by Crippen LogP contribution is 2.23. The molecule has 0 spiro atoms. The number of pyridine rings is 1. The number of piperidine rings is 1. The second kappa shape index (κ2) is 8.02. The number of nitrogens with zero attached hydrogens (tertiary/aromatic N) is 2. The highest BCUT2D eigenvalue weighted by Gasteiger charge is 2.24. The highest BCUT2D eigenvalue weighted by atomic mass is 35.5. The van der Waals surface area contributed by atoms with Crippen LogP contribution in [0.1, 0.15) is 12.8 Å². The smallest absolute Gasteiger partial charge is 0.321 e. The summed E-state index contributed by atoms with van der Waals surface area (Å²) in [6.07, 6.45) is 3.65. The van der Waals surface area contributed by atoms with Crippen LogP contribution >= 0.6 is 11.6 Å². The minimum atomic E-state index is -0.0678. The number of halogens is 1. The lowest BCUT2D eigenvalue weighted by molar-refractivity contribution is 0.143. The summed E-state index contributed by atoms with van der Waals surface area (Å²) in [7, 11) is 0. The summed E-state index contributed by atoms with van der Waals surface area (Å²) in [6.45, 7) is 1.94. The van der Waals surface area contributed by atoms with E-state index in [1.54, 1.807) is 18.3 Å². The van der Waals surface area contributed by atoms with Crippen molar-refractivity contribution in [3.8, 4) is 5.88 Å². The summed E-state index contributed by atoms with van der Waals surface area (Å²) in [4.78, 5) is 18.3. The summed E-state index contributed by atoms with van der Waals surface area (Å²) in [6, 6.07) is 12.9. The van der Waals surface area contributed by atoms with E-state index in [1.165, 1.54) is 0 Å². The fourth-order valence-corrected chi connectivity index (χ4v) is 2.96. The third-order valence-electron chi connectivity index (χ3n) is 4.01. The highest BCUT2D eigenvalue weighted by molar-refractivity contribution is 6.31. The zero-order chi connectivity index (χ0) is 16.8. The molecule has 1 aliphatic rings. The molecule has 6 heteroatoms. The van der Waals surface area contributed by atoms with Gasteiger partial charge in [-0.2, -0.15) is 0 Å². The minimum Gasteiger partial charge on any atom is -0.476 e. The molecule has 1 N–H and O–H groups in total. The second-order valence-corrected chi connectivity index (χ2v) is 6.26. The Bertz CT molecular complexity index is 681. The van der Waals surface area contributed by atoms with E-state index in [4.69, 9.17) is 16.3 Å². The number of likely N-dealkylation sites (tertiary alicyclic amines) is 1. The van der Waals surface area contributed by atoms with Crippen molar-refractivity contribution < 1.29 is 9.53 Å². The summed E-state index contributed by atoms with van der Waals surface area (Å²) < 4.78 is 5.72. The van der Waals surface area contributed by atoms with Crippen LogP contribution in [0.4, 0.5) is 10.5 Å². The van der Waals surface area contributed by atoms with Crippen molar-refractivity contribution in [3.05, 3.63) is 53.7 Å². The molecule has 1 atom stereocenters. The van der Waals surface area contributed by atoms with Gasteiger partial charge in [0.25, 0.3) is 0 Å². The molecule has 2 heterocycles. The monoisotopic (exact) mass is 345 g/mol. The van der Waals surface area contributed by atoms with E-state index < -0.39 is 0 Å². The topological polar surface area (TPSA) is 54.5 Å². The molecule has 0 saturated carbocycles. The number of para-hydroxylation sites is 1. The average molecular weight is 346 g/mol. The van der Waals surface area contributed by atoms with Crippen LogP contribution in [0, 0.1) is 5.92 Å². The maximum absolute atomic E-state index is 12.4. The molecule has 24 heavy (non-hydrogen) atoms. The van der Waals surface area contributed by atoms with Gasteiger partial charge in [-0.05, 0) is 37.1 Å². The van der Waals surface area contributed by atoms with Crippen molar-refractivity contribution in [2.75, 3.05) is 25.0 Å². The van der Waals surface area contributed by atoms with Crippen molar-refractivity contribution in [1.82, 2.24) is 9.88 Å². The van der Waals surface area contributed by atoms with Gasteiger partial charge < -0.3 is 15.0 Å². The number of urea groups is 1. The van der Waals surface area contributed by atoms with Gasteiger partial charge >= 0.3 is 6.03 Å². The molecular formula is C18H20ClN3O2. The number of amides is 2. The Morgan fingerprint density at radius 3 is 2.92 bits per heavy atom. The standard InChI is InChI=1S/C18H20ClN3O2/c19-16-9-4-10-20-17(16)24-13-14-6-5-11-22(12-14)18(23)21-15-7-2-1-3-8-15/h1-4,7-10,14H,5-6,11-13H2,(H,21,23). The number of carbonyl (C=O) groups is 1. The third-order valence-corrected chi connectivity index (χ3v) is 4.30. The molecule has 2 amide bonds. The molecule has 126 valence electrons. The van der Waals surface area contributed by atoms with Gasteiger partial charge in [-0.25, -0.2) is 9.78 Å². The second-order valence-electron chi connectivity index (χ2n) is 5.85. The Labute approximate surface area is 146 Å². The Kier molecular flexibility index (Phi) is 5.54. The number of hydrogen-bond donors (Lipinski definition) is 1. The third kappa shape index (κ3) is 4.38. The number of nitrogens with one attached hydrogen (secondary N) is 1. The molecule has 1 aliphatic heterocycles. The van der Waals surface area contributed by atoms with Crippen molar-refractivity contribution in [1.29, 1.82) is 0 Å². The van der Waals surface area contributed by atoms with Gasteiger partial charge in [0.15, 0.2) is 0 Å². The summed E-state index contributed by atoms with van der Waals surface area (Å²) in [5.74, 6) is 0.725. The van der Waals surface area contributed by atoms with Crippen LogP contribution in [0.3, 0.4) is 0 Å². The zero-order valence-electron chi connectivity index (χ0n) is 13.3. The van der Waals surface area contributed by atoms with Gasteiger partial charge in [0.05, 0.1) is 6.61 Å². The molecule has 1 fully saturated rings. The van der Waals surface area contributed by atoms with Crippen molar-refractivity contribution >= 4 is 23.3 Å². The van der Waals surface area contributed by atoms with E-state index in [-0.39, 0.29) is 11.9 Å². The largest absolute Gasteiger partial charge is 0.476 e. The Morgan fingerprint density at radius 2 is 2.12 bits per heavy atom. The molecule has 0 bridgehead atoms. The number of benzene rings is 1. The fourth-order valence-electron chi connectivity index (χ4n) is 2.78. The number of anilines is 1. The van der Waals surface area contributed by atoms with Crippen molar-refractivity contribution in [3.63, 3.8) is 0 Å². The van der Waals surface area contributed by atoms with Crippen LogP contribution in [0.2, 0.25) is 5.02 Å². The van der Waals surface area contributed by atoms with Gasteiger partial charge in [0.1, 0.15) is 5.02 Å². The molecule has 0 aliphatic carbocycles. The first-order valence-corrected chi connectivity index (χ1v) is 8.44. The molecule has 2 aromatic rings. The van der Waals surface area contributed by atoms with Gasteiger partial charge in [0, 0.05) is 30.9 Å². The SMILES string of the molecule is O=C(Nc1ccccc1)N1CCCC(COc2ncccc2Cl)C1. The normalized spacial score (nSPS) is 17.4. The molecule has 1 aromatic carbocycles. The van der Waals surface area contributed by atoms with E-state index in [0.29, 0.717) is 24.1 Å². The van der Waals surface area contributed by atoms with Crippen molar-refractivity contribution in [2.24, 2.45) is 5.92 Å². The molecular weight excluding hydrogens is 326 g/mol. The number of carbonyl (C=O) groups excluding carboxylic acids is 1. The maximum atomic E-state index is 12.4. The van der Waals surface area contributed by atoms with Crippen LogP contribution in [0.25, 0.3) is 0 Å². The number of ether oxygens (including phenoxy) is 1. The summed E-state index contributed by atoms with van der Waals surface area (Å²) in [5, 5.41) is 3.43. The predicted molar refractivity (Wildman–Crippen MR) is 94.5 cm³/mol. The van der Waals surface area contributed by atoms with Gasteiger partial charge in [-0.15, -0.1) is 0 Å². The van der Waals surface area contributed by atoms with Crippen LogP contribution in [0.15, 0.2) is 48.7 Å². The molecule has 1 saturated heterocycles. The molecule has 0 radical (unpaired) electrons. The Hall–Kier alpha value is -2.27. The number of rotatable bonds is 4. The Balaban J connectivity index is 1.52. The molecule has 5 nitrogen and oxygen atoms in total. The van der Waals surface area contributed by atoms with E-state index >= 15 is 0 Å². The van der Waals surface area contributed by atoms with E-state index in [0.717, 1.165) is 25.1 Å². The lowest BCUT2D eigenvalue weighted by Crippen LogP contribution is -2.43. The first kappa shape index (κ1) is 16.6. The van der Waals surface area contributed by atoms with Crippen LogP contribution in [-0.2, 0) is 0 Å². The molecule has 3 rings (SSSR count). The summed E-state index contributed by atoms with van der Waals surface area (Å²) >= 11 is 6.05. The van der Waals surface area contributed by atoms with Gasteiger partial charge in [-0.3, -0.25) is 0 Å². The van der Waals surface area contributed by atoms with Gasteiger partial charge in [0.2, 0.25) is 5.88 Å². The summed E-state index contributed by atoms with van der Waals surface area (Å²) in [5.41, 5.74) is 0.807. The molecule has 1 unspecified atom stereocenters. The Morgan fingerprint density at radius 1 is 1.29 bits per heavy atom. The number of hydrogen-bond acceptors (Lipinski definition) is 3. The van der Waals surface area contributed by atoms with Gasteiger partial charge in [-0.1, -0.05) is 29.8 Å². The average Bonchev–Trinajstić information content (AvgIpc) is 2.62. The van der Waals surface area contributed by atoms with Crippen molar-refractivity contribution in [2.45, 2.75) is 12.8 Å². The van der Waals surface area contributed by atoms with E-state index in [2.05, 4.69) is 10.3 Å². The fraction of sp³-hybridized carbons (Fsp3) is 0.333. The zero-order valence-corrected chi connectivity index (χ0v) is 14.1. The van der Waals surface area contributed by atoms with Crippen LogP contribution in [0.5, 0.6) is 5.88 Å². The minimum absolute atomic E-state index is 0.0678. The van der Waals surface area contributed by atoms with Crippen LogP contribution < -0.4 is 10.1 Å². The van der Waals surface area contributed by atoms with E-state index in [9.17, 15) is 4.79 Å². The number of aromatic nitrogens is 1. The maximum Gasteiger partial charge on any atom is 0.321 e. The lowest BCUT2D eigenvalue weighted by atomic mass is 9.99.